The van der Waals surface area contributed by atoms with E-state index in [9.17, 15) is 17.6 Å². The topological polar surface area (TPSA) is 21.3 Å². The van der Waals surface area contributed by atoms with Crippen molar-refractivity contribution < 1.29 is 22.3 Å². The molecule has 1 aliphatic carbocycles. The average Bonchev–Trinajstić information content (AvgIpc) is 2.80. The summed E-state index contributed by atoms with van der Waals surface area (Å²) in [4.78, 5) is 0. The Balaban J connectivity index is 2.22. The molecule has 0 aromatic carbocycles. The van der Waals surface area contributed by atoms with Gasteiger partial charge in [0.25, 0.3) is 0 Å². The lowest BCUT2D eigenvalue weighted by atomic mass is 9.99. The van der Waals surface area contributed by atoms with Crippen molar-refractivity contribution in [1.82, 2.24) is 5.32 Å². The fourth-order valence-electron chi connectivity index (χ4n) is 2.32. The minimum absolute atomic E-state index is 0.0402. The zero-order valence-corrected chi connectivity index (χ0v) is 10.6. The molecule has 0 spiro atoms. The first kappa shape index (κ1) is 15.7. The van der Waals surface area contributed by atoms with Crippen molar-refractivity contribution in [2.24, 2.45) is 5.92 Å². The second-order valence-corrected chi connectivity index (χ2v) is 4.95. The summed E-state index contributed by atoms with van der Waals surface area (Å²) in [5.74, 6) is -3.45. The highest BCUT2D eigenvalue weighted by molar-refractivity contribution is 4.75. The first-order valence-corrected chi connectivity index (χ1v) is 6.36. The maximum absolute atomic E-state index is 12.6. The van der Waals surface area contributed by atoms with Gasteiger partial charge in [-0.2, -0.15) is 8.78 Å². The Morgan fingerprint density at radius 1 is 1.28 bits per heavy atom. The van der Waals surface area contributed by atoms with Crippen molar-refractivity contribution in [2.75, 3.05) is 20.3 Å². The monoisotopic (exact) mass is 271 g/mol. The summed E-state index contributed by atoms with van der Waals surface area (Å²) in [5.41, 5.74) is 0. The SMILES string of the molecule is CNC(COCC(F)(F)C(F)F)CC1CCCC1. The number of alkyl halides is 4. The van der Waals surface area contributed by atoms with Crippen LogP contribution in [0.5, 0.6) is 0 Å². The van der Waals surface area contributed by atoms with Crippen LogP contribution in [0.25, 0.3) is 0 Å². The van der Waals surface area contributed by atoms with Crippen molar-refractivity contribution >= 4 is 0 Å². The highest BCUT2D eigenvalue weighted by Gasteiger charge is 2.41. The first-order valence-electron chi connectivity index (χ1n) is 6.36. The molecule has 6 heteroatoms. The Kier molecular flexibility index (Phi) is 6.35. The zero-order valence-electron chi connectivity index (χ0n) is 10.6. The third-order valence-electron chi connectivity index (χ3n) is 3.43. The van der Waals surface area contributed by atoms with Gasteiger partial charge in [-0.25, -0.2) is 8.78 Å². The predicted molar refractivity (Wildman–Crippen MR) is 61.2 cm³/mol. The maximum atomic E-state index is 12.6. The summed E-state index contributed by atoms with van der Waals surface area (Å²) in [7, 11) is 1.73. The molecule has 1 saturated carbocycles. The largest absolute Gasteiger partial charge is 0.373 e. The minimum Gasteiger partial charge on any atom is -0.373 e. The summed E-state index contributed by atoms with van der Waals surface area (Å²) in [6.45, 7) is -1.16. The van der Waals surface area contributed by atoms with E-state index in [4.69, 9.17) is 4.74 Å². The van der Waals surface area contributed by atoms with Crippen molar-refractivity contribution in [3.8, 4) is 0 Å². The molecule has 0 heterocycles. The number of nitrogens with one attached hydrogen (secondary N) is 1. The summed E-state index contributed by atoms with van der Waals surface area (Å²) < 4.78 is 53.8. The normalized spacial score (nSPS) is 19.7. The van der Waals surface area contributed by atoms with E-state index in [2.05, 4.69) is 5.32 Å². The molecule has 0 aromatic heterocycles. The van der Waals surface area contributed by atoms with Gasteiger partial charge in [-0.15, -0.1) is 0 Å². The van der Waals surface area contributed by atoms with Crippen LogP contribution in [0.1, 0.15) is 32.1 Å². The molecule has 1 rings (SSSR count). The number of hydrogen-bond donors (Lipinski definition) is 1. The molecule has 0 aliphatic heterocycles. The molecule has 1 aliphatic rings. The predicted octanol–water partition coefficient (Wildman–Crippen LogP) is 3.07. The van der Waals surface area contributed by atoms with E-state index >= 15 is 0 Å². The Bertz CT molecular complexity index is 232. The first-order chi connectivity index (χ1) is 8.45. The molecule has 0 amide bonds. The second kappa shape index (κ2) is 7.28. The van der Waals surface area contributed by atoms with Crippen LogP contribution in [0.15, 0.2) is 0 Å². The van der Waals surface area contributed by atoms with Crippen LogP contribution in [-0.4, -0.2) is 38.7 Å². The molecular weight excluding hydrogens is 250 g/mol. The average molecular weight is 271 g/mol. The van der Waals surface area contributed by atoms with E-state index < -0.39 is 19.0 Å². The molecule has 1 unspecified atom stereocenters. The van der Waals surface area contributed by atoms with E-state index in [1.54, 1.807) is 7.05 Å². The van der Waals surface area contributed by atoms with Gasteiger partial charge in [0.05, 0.1) is 6.61 Å². The minimum atomic E-state index is -4.05. The summed E-state index contributed by atoms with van der Waals surface area (Å²) >= 11 is 0. The Hall–Kier alpha value is -0.360. The number of likely N-dealkylation sites (N-methyl/N-ethyl adjacent to an activating group) is 1. The Morgan fingerprint density at radius 2 is 1.89 bits per heavy atom. The Morgan fingerprint density at radius 3 is 2.39 bits per heavy atom. The van der Waals surface area contributed by atoms with Gasteiger partial charge in [-0.3, -0.25) is 0 Å². The van der Waals surface area contributed by atoms with Gasteiger partial charge in [0.1, 0.15) is 6.61 Å². The number of rotatable bonds is 8. The molecule has 2 nitrogen and oxygen atoms in total. The van der Waals surface area contributed by atoms with Gasteiger partial charge in [-0.1, -0.05) is 25.7 Å². The van der Waals surface area contributed by atoms with Gasteiger partial charge in [0, 0.05) is 6.04 Å². The lowest BCUT2D eigenvalue weighted by molar-refractivity contribution is -0.167. The number of hydrogen-bond acceptors (Lipinski definition) is 2. The standard InChI is InChI=1S/C12H21F4NO/c1-17-10(6-9-4-2-3-5-9)7-18-8-12(15,16)11(13)14/h9-11,17H,2-8H2,1H3. The molecule has 0 saturated heterocycles. The molecule has 0 radical (unpaired) electrons. The zero-order chi connectivity index (χ0) is 13.6. The van der Waals surface area contributed by atoms with Gasteiger partial charge in [0.15, 0.2) is 0 Å². The molecule has 108 valence electrons. The van der Waals surface area contributed by atoms with Crippen LogP contribution in [0, 0.1) is 5.92 Å². The van der Waals surface area contributed by atoms with E-state index in [1.165, 1.54) is 12.8 Å². The van der Waals surface area contributed by atoms with E-state index in [-0.39, 0.29) is 12.6 Å². The van der Waals surface area contributed by atoms with E-state index in [1.807, 2.05) is 0 Å². The lowest BCUT2D eigenvalue weighted by Crippen LogP contribution is -2.37. The highest BCUT2D eigenvalue weighted by Crippen LogP contribution is 2.29. The summed E-state index contributed by atoms with van der Waals surface area (Å²) in [6.07, 6.45) is 1.94. The van der Waals surface area contributed by atoms with Crippen molar-refractivity contribution in [3.63, 3.8) is 0 Å². The van der Waals surface area contributed by atoms with Crippen LogP contribution in [0.2, 0.25) is 0 Å². The number of halogens is 4. The van der Waals surface area contributed by atoms with Crippen LogP contribution in [0.3, 0.4) is 0 Å². The third-order valence-corrected chi connectivity index (χ3v) is 3.43. The Labute approximate surface area is 105 Å². The van der Waals surface area contributed by atoms with E-state index in [0.29, 0.717) is 5.92 Å². The van der Waals surface area contributed by atoms with Crippen LogP contribution < -0.4 is 5.32 Å². The van der Waals surface area contributed by atoms with E-state index in [0.717, 1.165) is 19.3 Å². The molecule has 0 aromatic rings. The molecule has 1 atom stereocenters. The van der Waals surface area contributed by atoms with Gasteiger partial charge in [-0.05, 0) is 19.4 Å². The molecule has 18 heavy (non-hydrogen) atoms. The lowest BCUT2D eigenvalue weighted by Gasteiger charge is -2.21. The second-order valence-electron chi connectivity index (χ2n) is 4.95. The highest BCUT2D eigenvalue weighted by atomic mass is 19.3. The van der Waals surface area contributed by atoms with Gasteiger partial charge in [0.2, 0.25) is 0 Å². The number of ether oxygens (including phenoxy) is 1. The van der Waals surface area contributed by atoms with Crippen LogP contribution >= 0.6 is 0 Å². The third kappa shape index (κ3) is 5.10. The quantitative estimate of drug-likeness (QED) is 0.685. The van der Waals surface area contributed by atoms with Crippen molar-refractivity contribution in [2.45, 2.75) is 50.5 Å². The maximum Gasteiger partial charge on any atom is 0.330 e. The fourth-order valence-corrected chi connectivity index (χ4v) is 2.32. The van der Waals surface area contributed by atoms with Gasteiger partial charge >= 0.3 is 12.3 Å². The van der Waals surface area contributed by atoms with Crippen LogP contribution in [-0.2, 0) is 4.74 Å². The van der Waals surface area contributed by atoms with Crippen molar-refractivity contribution in [1.29, 1.82) is 0 Å². The molecule has 1 fully saturated rings. The fraction of sp³-hybridized carbons (Fsp3) is 1.00. The molecule has 1 N–H and O–H groups in total. The van der Waals surface area contributed by atoms with Crippen LogP contribution in [0.4, 0.5) is 17.6 Å². The summed E-state index contributed by atoms with van der Waals surface area (Å²) in [5, 5.41) is 2.99. The smallest absolute Gasteiger partial charge is 0.330 e. The summed E-state index contributed by atoms with van der Waals surface area (Å²) in [6, 6.07) is -0.0402. The van der Waals surface area contributed by atoms with Crippen molar-refractivity contribution in [3.05, 3.63) is 0 Å². The molecular formula is C12H21F4NO. The van der Waals surface area contributed by atoms with Gasteiger partial charge < -0.3 is 10.1 Å². The molecule has 0 bridgehead atoms.